The number of benzene rings is 1. The molecule has 1 aromatic rings. The number of hydrogen-bond acceptors (Lipinski definition) is 3. The average Bonchev–Trinajstić information content (AvgIpc) is 2.42. The maximum atomic E-state index is 12.5. The van der Waals surface area contributed by atoms with Crippen molar-refractivity contribution in [3.63, 3.8) is 0 Å². The van der Waals surface area contributed by atoms with Crippen LogP contribution in [0.4, 0.5) is 0 Å². The van der Waals surface area contributed by atoms with Gasteiger partial charge in [-0.15, -0.1) is 6.42 Å². The molecule has 0 bridgehead atoms. The maximum absolute atomic E-state index is 12.5. The quantitative estimate of drug-likeness (QED) is 0.617. The van der Waals surface area contributed by atoms with E-state index in [0.29, 0.717) is 17.1 Å². The Kier molecular flexibility index (Phi) is 6.69. The number of nitrogens with zero attached hydrogens (tertiary/aromatic N) is 1. The van der Waals surface area contributed by atoms with E-state index in [9.17, 15) is 8.42 Å². The second kappa shape index (κ2) is 7.81. The van der Waals surface area contributed by atoms with E-state index in [1.807, 2.05) is 0 Å². The molecule has 116 valence electrons. The minimum absolute atomic E-state index is 0.0255. The fourth-order valence-electron chi connectivity index (χ4n) is 1.94. The van der Waals surface area contributed by atoms with Crippen molar-refractivity contribution in [2.75, 3.05) is 20.1 Å². The molecule has 0 atom stereocenters. The third-order valence-corrected chi connectivity index (χ3v) is 5.32. The van der Waals surface area contributed by atoms with Crippen LogP contribution in [-0.2, 0) is 16.6 Å². The predicted molar refractivity (Wildman–Crippen MR) is 86.8 cm³/mol. The number of halogens is 1. The first-order valence-corrected chi connectivity index (χ1v) is 8.56. The molecule has 21 heavy (non-hydrogen) atoms. The Balaban J connectivity index is 3.22. The number of rotatable bonds is 7. The molecule has 6 heteroatoms. The molecule has 0 heterocycles. The number of nitrogens with one attached hydrogen (secondary N) is 1. The summed E-state index contributed by atoms with van der Waals surface area (Å²) in [5, 5.41) is 3.66. The van der Waals surface area contributed by atoms with Gasteiger partial charge in [0, 0.05) is 18.6 Å². The molecule has 0 aliphatic heterocycles. The van der Waals surface area contributed by atoms with Crippen LogP contribution in [-0.4, -0.2) is 32.9 Å². The minimum atomic E-state index is -3.63. The van der Waals surface area contributed by atoms with Crippen LogP contribution in [0.1, 0.15) is 24.5 Å². The smallest absolute Gasteiger partial charge is 0.244 e. The van der Waals surface area contributed by atoms with Crippen molar-refractivity contribution in [2.45, 2.75) is 31.7 Å². The van der Waals surface area contributed by atoms with Crippen LogP contribution < -0.4 is 5.32 Å². The van der Waals surface area contributed by atoms with E-state index in [1.54, 1.807) is 13.0 Å². The fourth-order valence-corrected chi connectivity index (χ4v) is 3.62. The Bertz CT molecular complexity index is 636. The van der Waals surface area contributed by atoms with Gasteiger partial charge in [0.05, 0.1) is 11.4 Å². The number of sulfonamides is 1. The molecule has 0 radical (unpaired) electrons. The molecule has 0 fully saturated rings. The zero-order valence-corrected chi connectivity index (χ0v) is 14.2. The highest BCUT2D eigenvalue weighted by molar-refractivity contribution is 7.89. The van der Waals surface area contributed by atoms with Crippen molar-refractivity contribution in [1.82, 2.24) is 9.62 Å². The van der Waals surface area contributed by atoms with Crippen LogP contribution in [0, 0.1) is 19.3 Å². The molecular formula is C15H21ClN2O2S. The van der Waals surface area contributed by atoms with Crippen LogP contribution in [0.15, 0.2) is 17.0 Å². The second-order valence-electron chi connectivity index (χ2n) is 4.83. The van der Waals surface area contributed by atoms with Gasteiger partial charge in [-0.1, -0.05) is 24.4 Å². The monoisotopic (exact) mass is 328 g/mol. The zero-order chi connectivity index (χ0) is 16.0. The molecule has 0 amide bonds. The van der Waals surface area contributed by atoms with Gasteiger partial charge in [-0.25, -0.2) is 8.42 Å². The van der Waals surface area contributed by atoms with Gasteiger partial charge in [0.15, 0.2) is 0 Å². The largest absolute Gasteiger partial charge is 0.313 e. The zero-order valence-electron chi connectivity index (χ0n) is 12.6. The van der Waals surface area contributed by atoms with Gasteiger partial charge in [0.1, 0.15) is 0 Å². The van der Waals surface area contributed by atoms with Gasteiger partial charge in [0.25, 0.3) is 0 Å². The topological polar surface area (TPSA) is 49.4 Å². The normalized spacial score (nSPS) is 11.6. The van der Waals surface area contributed by atoms with Crippen molar-refractivity contribution >= 4 is 21.6 Å². The van der Waals surface area contributed by atoms with E-state index in [1.165, 1.54) is 13.1 Å². The average molecular weight is 329 g/mol. The van der Waals surface area contributed by atoms with E-state index in [4.69, 9.17) is 18.0 Å². The molecule has 1 aromatic carbocycles. The summed E-state index contributed by atoms with van der Waals surface area (Å²) in [6, 6.07) is 3.27. The Morgan fingerprint density at radius 3 is 2.67 bits per heavy atom. The minimum Gasteiger partial charge on any atom is -0.313 e. The van der Waals surface area contributed by atoms with Crippen molar-refractivity contribution in [3.8, 4) is 12.3 Å². The molecule has 0 saturated carbocycles. The molecule has 4 nitrogen and oxygen atoms in total. The van der Waals surface area contributed by atoms with Crippen LogP contribution in [0.3, 0.4) is 0 Å². The van der Waals surface area contributed by atoms with Crippen molar-refractivity contribution in [3.05, 3.63) is 28.3 Å². The van der Waals surface area contributed by atoms with Gasteiger partial charge < -0.3 is 5.32 Å². The highest BCUT2D eigenvalue weighted by Crippen LogP contribution is 2.26. The first kappa shape index (κ1) is 18.0. The van der Waals surface area contributed by atoms with Crippen LogP contribution >= 0.6 is 11.6 Å². The molecule has 0 unspecified atom stereocenters. The van der Waals surface area contributed by atoms with Crippen LogP contribution in [0.25, 0.3) is 0 Å². The standard InChI is InChI=1S/C15H21ClN2O2S/c1-5-7-17-11-13-9-14(16)10-15(12(13)3)21(19,20)18(4)8-6-2/h2,9-10,17H,5,7-8,11H2,1,3-4H3. The lowest BCUT2D eigenvalue weighted by Crippen LogP contribution is -2.28. The van der Waals surface area contributed by atoms with Crippen molar-refractivity contribution in [1.29, 1.82) is 0 Å². The highest BCUT2D eigenvalue weighted by Gasteiger charge is 2.24. The summed E-state index contributed by atoms with van der Waals surface area (Å²) in [7, 11) is -2.17. The second-order valence-corrected chi connectivity index (χ2v) is 7.28. The van der Waals surface area contributed by atoms with Gasteiger partial charge in [-0.2, -0.15) is 4.31 Å². The summed E-state index contributed by atoms with van der Waals surface area (Å²) < 4.78 is 26.2. The summed E-state index contributed by atoms with van der Waals surface area (Å²) >= 11 is 6.07. The Labute approximate surface area is 132 Å². The third kappa shape index (κ3) is 4.45. The van der Waals surface area contributed by atoms with Crippen LogP contribution in [0.2, 0.25) is 5.02 Å². The molecule has 1 N–H and O–H groups in total. The molecule has 0 aliphatic carbocycles. The molecule has 0 aliphatic rings. The summed E-state index contributed by atoms with van der Waals surface area (Å²) in [5.74, 6) is 2.34. The van der Waals surface area contributed by atoms with Crippen LogP contribution in [0.5, 0.6) is 0 Å². The molecule has 0 spiro atoms. The van der Waals surface area contributed by atoms with E-state index in [2.05, 4.69) is 18.2 Å². The van der Waals surface area contributed by atoms with Gasteiger partial charge >= 0.3 is 0 Å². The first-order chi connectivity index (χ1) is 9.84. The third-order valence-electron chi connectivity index (χ3n) is 3.18. The van der Waals surface area contributed by atoms with E-state index < -0.39 is 10.0 Å². The lowest BCUT2D eigenvalue weighted by Gasteiger charge is -2.18. The maximum Gasteiger partial charge on any atom is 0.244 e. The Morgan fingerprint density at radius 1 is 1.43 bits per heavy atom. The SMILES string of the molecule is C#CCN(C)S(=O)(=O)c1cc(Cl)cc(CNCCC)c1C. The number of hydrogen-bond donors (Lipinski definition) is 1. The van der Waals surface area contributed by atoms with Gasteiger partial charge in [0.2, 0.25) is 10.0 Å². The predicted octanol–water partition coefficient (Wildman–Crippen LogP) is 2.40. The lowest BCUT2D eigenvalue weighted by molar-refractivity contribution is 0.502. The summed E-state index contributed by atoms with van der Waals surface area (Å²) in [4.78, 5) is 0.209. The molecule has 0 saturated heterocycles. The first-order valence-electron chi connectivity index (χ1n) is 6.74. The molecule has 0 aromatic heterocycles. The highest BCUT2D eigenvalue weighted by atomic mass is 35.5. The van der Waals surface area contributed by atoms with Crippen molar-refractivity contribution in [2.24, 2.45) is 0 Å². The summed E-state index contributed by atoms with van der Waals surface area (Å²) in [6.07, 6.45) is 6.20. The fraction of sp³-hybridized carbons (Fsp3) is 0.467. The number of terminal acetylenes is 1. The summed E-state index contributed by atoms with van der Waals surface area (Å²) in [6.45, 7) is 5.34. The van der Waals surface area contributed by atoms with Crippen molar-refractivity contribution < 1.29 is 8.42 Å². The lowest BCUT2D eigenvalue weighted by atomic mass is 10.1. The van der Waals surface area contributed by atoms with E-state index >= 15 is 0 Å². The Hall–Kier alpha value is -1.06. The Morgan fingerprint density at radius 2 is 2.10 bits per heavy atom. The van der Waals surface area contributed by atoms with E-state index in [-0.39, 0.29) is 11.4 Å². The van der Waals surface area contributed by atoms with E-state index in [0.717, 1.165) is 22.8 Å². The summed E-state index contributed by atoms with van der Waals surface area (Å²) in [5.41, 5.74) is 1.58. The molecular weight excluding hydrogens is 308 g/mol. The molecule has 1 rings (SSSR count). The van der Waals surface area contributed by atoms with Gasteiger partial charge in [-0.3, -0.25) is 0 Å². The van der Waals surface area contributed by atoms with Gasteiger partial charge in [-0.05, 0) is 43.1 Å².